The number of aromatic nitrogens is 3. The van der Waals surface area contributed by atoms with Gasteiger partial charge in [0.15, 0.2) is 11.5 Å². The zero-order valence-corrected chi connectivity index (χ0v) is 26.6. The number of halogens is 1. The Labute approximate surface area is 263 Å². The van der Waals surface area contributed by atoms with E-state index < -0.39 is 6.09 Å². The van der Waals surface area contributed by atoms with Gasteiger partial charge < -0.3 is 24.3 Å². The molecule has 2 fully saturated rings. The molecule has 0 spiro atoms. The van der Waals surface area contributed by atoms with E-state index in [1.165, 1.54) is 0 Å². The quantitative estimate of drug-likeness (QED) is 0.303. The third-order valence-electron chi connectivity index (χ3n) is 8.84. The number of hydrogen-bond donors (Lipinski definition) is 1. The molecule has 0 unspecified atom stereocenters. The van der Waals surface area contributed by atoms with E-state index in [2.05, 4.69) is 15.3 Å². The Balaban J connectivity index is 1.17. The molecule has 2 aromatic heterocycles. The maximum atomic E-state index is 13.2. The molecule has 1 saturated carbocycles. The van der Waals surface area contributed by atoms with Crippen LogP contribution in [-0.2, 0) is 16.1 Å². The van der Waals surface area contributed by atoms with Crippen molar-refractivity contribution in [2.75, 3.05) is 46.4 Å². The average Bonchev–Trinajstić information content (AvgIpc) is 3.56. The minimum Gasteiger partial charge on any atom is -0.408 e. The summed E-state index contributed by atoms with van der Waals surface area (Å²) in [6, 6.07) is 5.53. The number of Topliss-reactive ketones (excluding diaryl/α,β-unsaturated/α-hetero) is 1. The average molecular weight is 627 g/mol. The van der Waals surface area contributed by atoms with E-state index in [9.17, 15) is 14.4 Å². The van der Waals surface area contributed by atoms with Gasteiger partial charge in [0.2, 0.25) is 5.91 Å². The molecule has 0 bridgehead atoms. The number of methoxy groups -OCH3 is 1. The fourth-order valence-electron chi connectivity index (χ4n) is 6.32. The van der Waals surface area contributed by atoms with Crippen LogP contribution in [0.5, 0.6) is 5.75 Å². The Morgan fingerprint density at radius 2 is 1.84 bits per heavy atom. The molecule has 1 saturated heterocycles. The number of piperazine rings is 1. The van der Waals surface area contributed by atoms with Gasteiger partial charge in [0.05, 0.1) is 29.9 Å². The van der Waals surface area contributed by atoms with E-state index in [1.54, 1.807) is 31.6 Å². The van der Waals surface area contributed by atoms with Crippen molar-refractivity contribution < 1.29 is 23.9 Å². The van der Waals surface area contributed by atoms with Crippen LogP contribution in [-0.4, -0.2) is 94.4 Å². The van der Waals surface area contributed by atoms with Gasteiger partial charge in [0, 0.05) is 74.6 Å². The number of carbonyl (C=O) groups is 3. The number of amides is 2. The van der Waals surface area contributed by atoms with E-state index in [1.807, 2.05) is 34.1 Å². The molecule has 1 aliphatic heterocycles. The summed E-state index contributed by atoms with van der Waals surface area (Å²) in [5.74, 6) is 0.519. The van der Waals surface area contributed by atoms with Crippen LogP contribution in [0.25, 0.3) is 10.9 Å². The molecule has 1 aliphatic carbocycles. The van der Waals surface area contributed by atoms with Gasteiger partial charge in [-0.2, -0.15) is 5.10 Å². The second-order valence-corrected chi connectivity index (χ2v) is 12.2. The molecule has 3 heterocycles. The summed E-state index contributed by atoms with van der Waals surface area (Å²) in [5, 5.41) is 8.74. The van der Waals surface area contributed by atoms with Gasteiger partial charge in [0.1, 0.15) is 6.54 Å². The third-order valence-corrected chi connectivity index (χ3v) is 9.07. The molecule has 1 aromatic carbocycles. The normalized spacial score (nSPS) is 19.3. The molecule has 11 nitrogen and oxygen atoms in total. The highest BCUT2D eigenvalue weighted by Gasteiger charge is 2.28. The summed E-state index contributed by atoms with van der Waals surface area (Å²) in [4.78, 5) is 42.8. The number of nitrogens with zero attached hydrogens (tertiary/aromatic N) is 5. The van der Waals surface area contributed by atoms with Gasteiger partial charge in [0.25, 0.3) is 0 Å². The lowest BCUT2D eigenvalue weighted by molar-refractivity contribution is -0.133. The van der Waals surface area contributed by atoms with Crippen LogP contribution in [0, 0.1) is 6.92 Å². The molecule has 238 valence electrons. The molecule has 0 radical (unpaired) electrons. The zero-order valence-electron chi connectivity index (χ0n) is 25.9. The highest BCUT2D eigenvalue weighted by atomic mass is 35.5. The van der Waals surface area contributed by atoms with E-state index >= 15 is 0 Å². The van der Waals surface area contributed by atoms with E-state index in [0.29, 0.717) is 47.8 Å². The number of rotatable bonds is 11. The Hall–Kier alpha value is -3.41. The minimum absolute atomic E-state index is 0.0188. The smallest absolute Gasteiger partial charge is 0.408 e. The molecule has 12 heteroatoms. The first-order chi connectivity index (χ1) is 21.3. The number of benzene rings is 1. The number of hydrogen-bond acceptors (Lipinski definition) is 7. The van der Waals surface area contributed by atoms with Crippen LogP contribution in [0.3, 0.4) is 0 Å². The maximum absolute atomic E-state index is 13.2. The summed E-state index contributed by atoms with van der Waals surface area (Å²) in [6.07, 6.45) is 7.44. The molecular weight excluding hydrogens is 584 g/mol. The zero-order chi connectivity index (χ0) is 31.2. The lowest BCUT2D eigenvalue weighted by Gasteiger charge is -2.34. The molecule has 5 rings (SSSR count). The van der Waals surface area contributed by atoms with Crippen LogP contribution < -0.4 is 10.1 Å². The molecule has 1 N–H and O–H groups in total. The minimum atomic E-state index is -0.534. The Morgan fingerprint density at radius 1 is 1.09 bits per heavy atom. The number of fused-ring (bicyclic) bond motifs is 1. The highest BCUT2D eigenvalue weighted by Crippen LogP contribution is 2.32. The van der Waals surface area contributed by atoms with Crippen molar-refractivity contribution in [3.05, 3.63) is 46.9 Å². The number of nitrogens with one attached hydrogen (secondary N) is 1. The van der Waals surface area contributed by atoms with E-state index in [0.717, 1.165) is 62.9 Å². The van der Waals surface area contributed by atoms with Crippen LogP contribution >= 0.6 is 11.6 Å². The maximum Gasteiger partial charge on any atom is 0.412 e. The number of ether oxygens (including phenoxy) is 2. The van der Waals surface area contributed by atoms with E-state index in [4.69, 9.17) is 21.1 Å². The molecular formula is C32H43ClN6O5. The van der Waals surface area contributed by atoms with Crippen molar-refractivity contribution in [1.29, 1.82) is 0 Å². The molecule has 2 aliphatic rings. The predicted molar refractivity (Wildman–Crippen MR) is 168 cm³/mol. The Kier molecular flexibility index (Phi) is 10.6. The van der Waals surface area contributed by atoms with Crippen LogP contribution in [0.2, 0.25) is 5.02 Å². The number of ketones is 1. The van der Waals surface area contributed by atoms with Gasteiger partial charge in [-0.05, 0) is 57.2 Å². The van der Waals surface area contributed by atoms with Crippen molar-refractivity contribution in [3.63, 3.8) is 0 Å². The standard InChI is InChI=1S/C32H43ClN6O5/c1-4-5-29(40)27-19-34-39(22(27)2)25-9-7-24(8-10-25)35-32(42)44-30-20-38(28-11-6-23(33)18-26(28)30)21-31(41)37-14-12-36(13-15-37)16-17-43-3/h6,11,18-20,24-25H,4-5,7-10,12-17,21H2,1-3H3,(H,35,42). The van der Waals surface area contributed by atoms with Gasteiger partial charge in [-0.3, -0.25) is 19.2 Å². The van der Waals surface area contributed by atoms with Crippen LogP contribution in [0.15, 0.2) is 30.6 Å². The number of carbonyl (C=O) groups excluding carboxylic acids is 3. The van der Waals surface area contributed by atoms with Crippen molar-refractivity contribution in [1.82, 2.24) is 29.5 Å². The molecule has 0 atom stereocenters. The highest BCUT2D eigenvalue weighted by molar-refractivity contribution is 6.31. The molecule has 44 heavy (non-hydrogen) atoms. The van der Waals surface area contributed by atoms with Gasteiger partial charge in [-0.1, -0.05) is 18.5 Å². The van der Waals surface area contributed by atoms with Crippen molar-refractivity contribution in [3.8, 4) is 5.75 Å². The third kappa shape index (κ3) is 7.44. The summed E-state index contributed by atoms with van der Waals surface area (Å²) in [5.41, 5.74) is 2.39. The van der Waals surface area contributed by atoms with Crippen LogP contribution in [0.1, 0.15) is 67.5 Å². The summed E-state index contributed by atoms with van der Waals surface area (Å²) < 4.78 is 14.8. The van der Waals surface area contributed by atoms with Gasteiger partial charge in [-0.15, -0.1) is 0 Å². The lowest BCUT2D eigenvalue weighted by atomic mass is 9.91. The van der Waals surface area contributed by atoms with Crippen molar-refractivity contribution in [2.24, 2.45) is 0 Å². The summed E-state index contributed by atoms with van der Waals surface area (Å²) in [6.45, 7) is 8.60. The molecule has 2 amide bonds. The first kappa shape index (κ1) is 32.0. The Bertz CT molecular complexity index is 1470. The monoisotopic (exact) mass is 626 g/mol. The van der Waals surface area contributed by atoms with Gasteiger partial charge in [-0.25, -0.2) is 4.79 Å². The first-order valence-corrected chi connectivity index (χ1v) is 16.0. The van der Waals surface area contributed by atoms with Crippen molar-refractivity contribution >= 4 is 40.3 Å². The second kappa shape index (κ2) is 14.6. The second-order valence-electron chi connectivity index (χ2n) is 11.8. The van der Waals surface area contributed by atoms with Crippen LogP contribution in [0.4, 0.5) is 4.79 Å². The fraction of sp³-hybridized carbons (Fsp3) is 0.562. The predicted octanol–water partition coefficient (Wildman–Crippen LogP) is 4.85. The topological polar surface area (TPSA) is 111 Å². The first-order valence-electron chi connectivity index (χ1n) is 15.6. The lowest BCUT2D eigenvalue weighted by Crippen LogP contribution is -2.50. The summed E-state index contributed by atoms with van der Waals surface area (Å²) in [7, 11) is 1.69. The largest absolute Gasteiger partial charge is 0.412 e. The van der Waals surface area contributed by atoms with E-state index in [-0.39, 0.29) is 30.3 Å². The fourth-order valence-corrected chi connectivity index (χ4v) is 6.50. The van der Waals surface area contributed by atoms with Crippen molar-refractivity contribution in [2.45, 2.75) is 71.0 Å². The Morgan fingerprint density at radius 3 is 2.55 bits per heavy atom. The SMILES string of the molecule is CCCC(=O)c1cnn(C2CCC(NC(=O)Oc3cn(CC(=O)N4CCN(CCOC)CC4)c4ccc(Cl)cc34)CC2)c1C. The van der Waals surface area contributed by atoms with Gasteiger partial charge >= 0.3 is 6.09 Å². The molecule has 3 aromatic rings. The summed E-state index contributed by atoms with van der Waals surface area (Å²) >= 11 is 6.30.